The molecule has 0 bridgehead atoms. The van der Waals surface area contributed by atoms with Gasteiger partial charge < -0.3 is 0 Å². The van der Waals surface area contributed by atoms with Crippen LogP contribution in [-0.2, 0) is 9.59 Å². The van der Waals surface area contributed by atoms with Crippen molar-refractivity contribution < 1.29 is 20.0 Å². The molecule has 0 saturated heterocycles. The molecule has 6 nitrogen and oxygen atoms in total. The van der Waals surface area contributed by atoms with E-state index in [2.05, 4.69) is 0 Å². The molecule has 0 spiro atoms. The van der Waals surface area contributed by atoms with Gasteiger partial charge in [0.15, 0.2) is 0 Å². The van der Waals surface area contributed by atoms with Crippen LogP contribution in [0.1, 0.15) is 51.4 Å². The molecule has 0 heterocycles. The van der Waals surface area contributed by atoms with E-state index in [1.165, 1.54) is 0 Å². The second-order valence-electron chi connectivity index (χ2n) is 3.69. The third-order valence-corrected chi connectivity index (χ3v) is 2.31. The summed E-state index contributed by atoms with van der Waals surface area (Å²) in [6.07, 6.45) is 6.15. The Hall–Kier alpha value is -1.14. The number of carbonyl (C=O) groups excluding carboxylic acids is 2. The number of nitrogens with one attached hydrogen (secondary N) is 2. The van der Waals surface area contributed by atoms with Gasteiger partial charge in [-0.15, -0.1) is 0 Å². The summed E-state index contributed by atoms with van der Waals surface area (Å²) >= 11 is 0. The van der Waals surface area contributed by atoms with Crippen LogP contribution in [0.3, 0.4) is 0 Å². The monoisotopic (exact) mass is 232 g/mol. The van der Waals surface area contributed by atoms with Crippen molar-refractivity contribution in [3.63, 3.8) is 0 Å². The van der Waals surface area contributed by atoms with Crippen molar-refractivity contribution >= 4 is 11.8 Å². The fraction of sp³-hybridized carbons (Fsp3) is 0.800. The van der Waals surface area contributed by atoms with E-state index in [9.17, 15) is 9.59 Å². The van der Waals surface area contributed by atoms with E-state index >= 15 is 0 Å². The van der Waals surface area contributed by atoms with E-state index in [0.717, 1.165) is 38.5 Å². The van der Waals surface area contributed by atoms with E-state index in [1.54, 1.807) is 11.0 Å². The summed E-state index contributed by atoms with van der Waals surface area (Å²) in [5.41, 5.74) is 3.18. The SMILES string of the molecule is O=C(CCCCCCCCC(=O)NO)NO. The minimum Gasteiger partial charge on any atom is -0.289 e. The van der Waals surface area contributed by atoms with Crippen LogP contribution in [0.25, 0.3) is 0 Å². The highest BCUT2D eigenvalue weighted by Crippen LogP contribution is 2.08. The number of unbranched alkanes of at least 4 members (excludes halogenated alkanes) is 5. The van der Waals surface area contributed by atoms with Crippen LogP contribution >= 0.6 is 0 Å². The van der Waals surface area contributed by atoms with Gasteiger partial charge in [0.1, 0.15) is 0 Å². The Bertz CT molecular complexity index is 187. The number of hydrogen-bond acceptors (Lipinski definition) is 4. The van der Waals surface area contributed by atoms with E-state index in [-0.39, 0.29) is 11.8 Å². The summed E-state index contributed by atoms with van der Waals surface area (Å²) in [4.78, 5) is 21.3. The second kappa shape index (κ2) is 10.4. The normalized spacial score (nSPS) is 9.88. The van der Waals surface area contributed by atoms with Crippen LogP contribution < -0.4 is 11.0 Å². The van der Waals surface area contributed by atoms with Crippen molar-refractivity contribution in [3.8, 4) is 0 Å². The molecular weight excluding hydrogens is 212 g/mol. The number of carbonyl (C=O) groups is 2. The van der Waals surface area contributed by atoms with Gasteiger partial charge >= 0.3 is 0 Å². The minimum absolute atomic E-state index is 0.348. The Labute approximate surface area is 94.9 Å². The zero-order valence-electron chi connectivity index (χ0n) is 9.37. The van der Waals surface area contributed by atoms with Gasteiger partial charge in [0.25, 0.3) is 0 Å². The average Bonchev–Trinajstić information content (AvgIpc) is 2.31. The highest BCUT2D eigenvalue weighted by Gasteiger charge is 1.99. The maximum absolute atomic E-state index is 10.6. The van der Waals surface area contributed by atoms with Gasteiger partial charge in [-0.2, -0.15) is 0 Å². The molecule has 0 unspecified atom stereocenters. The third kappa shape index (κ3) is 9.42. The second-order valence-corrected chi connectivity index (χ2v) is 3.69. The molecule has 0 atom stereocenters. The lowest BCUT2D eigenvalue weighted by Crippen LogP contribution is -2.17. The van der Waals surface area contributed by atoms with Crippen molar-refractivity contribution in [3.05, 3.63) is 0 Å². The van der Waals surface area contributed by atoms with Crippen LogP contribution in [0, 0.1) is 0 Å². The van der Waals surface area contributed by atoms with Gasteiger partial charge in [-0.3, -0.25) is 20.0 Å². The number of amides is 2. The Kier molecular flexibility index (Phi) is 9.64. The molecule has 2 amide bonds. The van der Waals surface area contributed by atoms with Crippen LogP contribution in [0.2, 0.25) is 0 Å². The van der Waals surface area contributed by atoms with Crippen LogP contribution in [-0.4, -0.2) is 22.2 Å². The van der Waals surface area contributed by atoms with Gasteiger partial charge in [0, 0.05) is 12.8 Å². The van der Waals surface area contributed by atoms with Crippen molar-refractivity contribution in [2.45, 2.75) is 51.4 Å². The highest BCUT2D eigenvalue weighted by atomic mass is 16.5. The molecule has 94 valence electrons. The topological polar surface area (TPSA) is 98.7 Å². The molecule has 0 radical (unpaired) electrons. The molecule has 16 heavy (non-hydrogen) atoms. The lowest BCUT2D eigenvalue weighted by molar-refractivity contribution is -0.130. The molecule has 0 fully saturated rings. The summed E-state index contributed by atoms with van der Waals surface area (Å²) in [5, 5.41) is 16.5. The van der Waals surface area contributed by atoms with Crippen molar-refractivity contribution in [1.82, 2.24) is 11.0 Å². The Morgan fingerprint density at radius 3 is 1.31 bits per heavy atom. The summed E-state index contributed by atoms with van der Waals surface area (Å²) in [7, 11) is 0. The lowest BCUT2D eigenvalue weighted by atomic mass is 10.1. The highest BCUT2D eigenvalue weighted by molar-refractivity contribution is 5.74. The van der Waals surface area contributed by atoms with Crippen molar-refractivity contribution in [2.24, 2.45) is 0 Å². The largest absolute Gasteiger partial charge is 0.289 e. The molecule has 0 aromatic carbocycles. The van der Waals surface area contributed by atoms with Crippen LogP contribution in [0.5, 0.6) is 0 Å². The van der Waals surface area contributed by atoms with Crippen molar-refractivity contribution in [1.29, 1.82) is 0 Å². The van der Waals surface area contributed by atoms with Crippen molar-refractivity contribution in [2.75, 3.05) is 0 Å². The third-order valence-electron chi connectivity index (χ3n) is 2.31. The first-order chi connectivity index (χ1) is 7.70. The number of rotatable bonds is 9. The van der Waals surface area contributed by atoms with Gasteiger partial charge in [0.05, 0.1) is 0 Å². The maximum atomic E-state index is 10.6. The Morgan fingerprint density at radius 2 is 1.00 bits per heavy atom. The molecule has 4 N–H and O–H groups in total. The van der Waals surface area contributed by atoms with Crippen LogP contribution in [0.15, 0.2) is 0 Å². The smallest absolute Gasteiger partial charge is 0.243 e. The zero-order valence-corrected chi connectivity index (χ0v) is 9.37. The van der Waals surface area contributed by atoms with E-state index in [4.69, 9.17) is 10.4 Å². The standard InChI is InChI=1S/C10H20N2O4/c13-9(11-15)7-5-3-1-2-4-6-8-10(14)12-16/h15-16H,1-8H2,(H,11,13)(H,12,14). The van der Waals surface area contributed by atoms with E-state index in [1.807, 2.05) is 0 Å². The minimum atomic E-state index is -0.348. The summed E-state index contributed by atoms with van der Waals surface area (Å²) < 4.78 is 0. The number of hydrogen-bond donors (Lipinski definition) is 4. The summed E-state index contributed by atoms with van der Waals surface area (Å²) in [6, 6.07) is 0. The van der Waals surface area contributed by atoms with Gasteiger partial charge in [-0.05, 0) is 12.8 Å². The average molecular weight is 232 g/mol. The maximum Gasteiger partial charge on any atom is 0.243 e. The van der Waals surface area contributed by atoms with E-state index < -0.39 is 0 Å². The first-order valence-electron chi connectivity index (χ1n) is 5.56. The first-order valence-corrected chi connectivity index (χ1v) is 5.56. The van der Waals surface area contributed by atoms with E-state index in [0.29, 0.717) is 12.8 Å². The molecule has 0 aromatic rings. The Balaban J connectivity index is 3.10. The fourth-order valence-corrected chi connectivity index (χ4v) is 1.39. The first kappa shape index (κ1) is 14.9. The predicted octanol–water partition coefficient (Wildman–Crippen LogP) is 1.12. The molecular formula is C10H20N2O4. The Morgan fingerprint density at radius 1 is 0.688 bits per heavy atom. The van der Waals surface area contributed by atoms with Crippen LogP contribution in [0.4, 0.5) is 0 Å². The summed E-state index contributed by atoms with van der Waals surface area (Å²) in [6.45, 7) is 0. The fourth-order valence-electron chi connectivity index (χ4n) is 1.39. The molecule has 0 aromatic heterocycles. The molecule has 0 aliphatic carbocycles. The quantitative estimate of drug-likeness (QED) is 0.272. The molecule has 0 aliphatic rings. The van der Waals surface area contributed by atoms with Gasteiger partial charge in [-0.25, -0.2) is 11.0 Å². The lowest BCUT2D eigenvalue weighted by Gasteiger charge is -2.01. The number of hydroxylamine groups is 2. The molecule has 0 aliphatic heterocycles. The predicted molar refractivity (Wildman–Crippen MR) is 56.8 cm³/mol. The molecule has 6 heteroatoms. The summed E-state index contributed by atoms with van der Waals surface area (Å²) in [5.74, 6) is -0.695. The van der Waals surface area contributed by atoms with Gasteiger partial charge in [-0.1, -0.05) is 25.7 Å². The zero-order chi connectivity index (χ0) is 12.2. The molecule has 0 saturated carbocycles. The van der Waals surface area contributed by atoms with Gasteiger partial charge in [0.2, 0.25) is 11.8 Å². The molecule has 0 rings (SSSR count).